The van der Waals surface area contributed by atoms with Crippen molar-refractivity contribution < 1.29 is 9.59 Å². The van der Waals surface area contributed by atoms with Crippen LogP contribution in [0, 0.1) is 17.2 Å². The van der Waals surface area contributed by atoms with Gasteiger partial charge >= 0.3 is 0 Å². The van der Waals surface area contributed by atoms with Gasteiger partial charge in [0.15, 0.2) is 5.82 Å². The molecule has 9 nitrogen and oxygen atoms in total. The molecule has 0 bridgehead atoms. The average Bonchev–Trinajstić information content (AvgIpc) is 2.61. The normalized spacial score (nSPS) is 11.0. The predicted octanol–water partition coefficient (Wildman–Crippen LogP) is 2.43. The van der Waals surface area contributed by atoms with E-state index in [1.165, 1.54) is 12.5 Å². The SMILES string of the molecule is CC(C)CC(=O)Nc1ccnc(C(C)(C)CC(=O)Nc2ncncc2C#N)n1. The molecule has 0 aliphatic heterocycles. The van der Waals surface area contributed by atoms with Gasteiger partial charge in [-0.05, 0) is 12.0 Å². The van der Waals surface area contributed by atoms with Crippen molar-refractivity contribution >= 4 is 23.5 Å². The van der Waals surface area contributed by atoms with Crippen LogP contribution in [0.2, 0.25) is 0 Å². The lowest BCUT2D eigenvalue weighted by molar-refractivity contribution is -0.118. The molecule has 0 radical (unpaired) electrons. The number of hydrogen-bond acceptors (Lipinski definition) is 7. The van der Waals surface area contributed by atoms with Gasteiger partial charge in [0.05, 0.1) is 6.20 Å². The number of rotatable bonds is 7. The van der Waals surface area contributed by atoms with E-state index >= 15 is 0 Å². The van der Waals surface area contributed by atoms with Gasteiger partial charge < -0.3 is 10.6 Å². The molecule has 0 saturated carbocycles. The average molecular weight is 381 g/mol. The Morgan fingerprint density at radius 3 is 2.64 bits per heavy atom. The largest absolute Gasteiger partial charge is 0.311 e. The topological polar surface area (TPSA) is 134 Å². The van der Waals surface area contributed by atoms with E-state index < -0.39 is 5.41 Å². The van der Waals surface area contributed by atoms with Gasteiger partial charge in [0.1, 0.15) is 29.6 Å². The minimum atomic E-state index is -0.706. The molecule has 0 atom stereocenters. The van der Waals surface area contributed by atoms with Gasteiger partial charge in [-0.1, -0.05) is 27.7 Å². The van der Waals surface area contributed by atoms with Crippen molar-refractivity contribution in [2.24, 2.45) is 5.92 Å². The number of nitrogens with zero attached hydrogens (tertiary/aromatic N) is 5. The highest BCUT2D eigenvalue weighted by molar-refractivity contribution is 5.92. The number of amides is 2. The first-order valence-electron chi connectivity index (χ1n) is 8.84. The van der Waals surface area contributed by atoms with Gasteiger partial charge in [-0.3, -0.25) is 9.59 Å². The number of carbonyl (C=O) groups is 2. The lowest BCUT2D eigenvalue weighted by Gasteiger charge is -2.22. The van der Waals surface area contributed by atoms with Gasteiger partial charge in [0.25, 0.3) is 0 Å². The molecule has 0 fully saturated rings. The second kappa shape index (κ2) is 8.99. The first-order valence-corrected chi connectivity index (χ1v) is 8.84. The van der Waals surface area contributed by atoms with Crippen molar-refractivity contribution in [1.82, 2.24) is 19.9 Å². The summed E-state index contributed by atoms with van der Waals surface area (Å²) in [5.74, 6) is 0.761. The second-order valence-corrected chi connectivity index (χ2v) is 7.42. The van der Waals surface area contributed by atoms with Crippen molar-refractivity contribution in [3.05, 3.63) is 36.2 Å². The molecule has 0 aliphatic rings. The van der Waals surface area contributed by atoms with E-state index in [0.29, 0.717) is 18.1 Å². The summed E-state index contributed by atoms with van der Waals surface area (Å²) < 4.78 is 0. The summed E-state index contributed by atoms with van der Waals surface area (Å²) >= 11 is 0. The highest BCUT2D eigenvalue weighted by Gasteiger charge is 2.28. The summed E-state index contributed by atoms with van der Waals surface area (Å²) in [4.78, 5) is 40.7. The van der Waals surface area contributed by atoms with Crippen LogP contribution in [0.1, 0.15) is 51.9 Å². The number of anilines is 2. The minimum Gasteiger partial charge on any atom is -0.311 e. The number of carbonyl (C=O) groups excluding carboxylic acids is 2. The molecular formula is C19H23N7O2. The molecule has 0 unspecified atom stereocenters. The fourth-order valence-electron chi connectivity index (χ4n) is 2.49. The Kier molecular flexibility index (Phi) is 6.71. The van der Waals surface area contributed by atoms with Gasteiger partial charge in [0, 0.05) is 24.5 Å². The molecule has 2 N–H and O–H groups in total. The Morgan fingerprint density at radius 1 is 1.21 bits per heavy atom. The Morgan fingerprint density at radius 2 is 1.96 bits per heavy atom. The van der Waals surface area contributed by atoms with E-state index in [0.717, 1.165) is 0 Å². The van der Waals surface area contributed by atoms with Crippen LogP contribution < -0.4 is 10.6 Å². The van der Waals surface area contributed by atoms with Gasteiger partial charge in [-0.15, -0.1) is 0 Å². The number of nitrogens with one attached hydrogen (secondary N) is 2. The molecule has 0 aromatic carbocycles. The third kappa shape index (κ3) is 5.81. The molecule has 9 heteroatoms. The van der Waals surface area contributed by atoms with Gasteiger partial charge in [-0.2, -0.15) is 5.26 Å². The first kappa shape index (κ1) is 20.9. The molecule has 0 aliphatic carbocycles. The van der Waals surface area contributed by atoms with Crippen LogP contribution in [0.4, 0.5) is 11.6 Å². The summed E-state index contributed by atoms with van der Waals surface area (Å²) in [6.07, 6.45) is 4.59. The summed E-state index contributed by atoms with van der Waals surface area (Å²) in [6, 6.07) is 3.54. The molecule has 2 aromatic rings. The highest BCUT2D eigenvalue weighted by atomic mass is 16.2. The maximum atomic E-state index is 12.4. The maximum absolute atomic E-state index is 12.4. The summed E-state index contributed by atoms with van der Waals surface area (Å²) in [6.45, 7) is 7.57. The zero-order valence-electron chi connectivity index (χ0n) is 16.4. The molecule has 28 heavy (non-hydrogen) atoms. The van der Waals surface area contributed by atoms with E-state index in [2.05, 4.69) is 30.6 Å². The van der Waals surface area contributed by atoms with Crippen molar-refractivity contribution in [2.75, 3.05) is 10.6 Å². The molecule has 2 aromatic heterocycles. The number of hydrogen-bond donors (Lipinski definition) is 2. The van der Waals surface area contributed by atoms with E-state index in [4.69, 9.17) is 5.26 Å². The van der Waals surface area contributed by atoms with Crippen LogP contribution in [0.5, 0.6) is 0 Å². The molecule has 2 amide bonds. The fourth-order valence-corrected chi connectivity index (χ4v) is 2.49. The summed E-state index contributed by atoms with van der Waals surface area (Å²) in [7, 11) is 0. The summed E-state index contributed by atoms with van der Waals surface area (Å²) in [5.41, 5.74) is -0.525. The van der Waals surface area contributed by atoms with Crippen LogP contribution in [0.3, 0.4) is 0 Å². The zero-order chi connectivity index (χ0) is 20.7. The van der Waals surface area contributed by atoms with Crippen molar-refractivity contribution in [3.63, 3.8) is 0 Å². The number of nitriles is 1. The molecule has 2 heterocycles. The molecule has 0 spiro atoms. The Labute approximate surface area is 163 Å². The standard InChI is InChI=1S/C19H23N7O2/c1-12(2)7-15(27)24-14-5-6-22-18(25-14)19(3,4)8-16(28)26-17-13(9-20)10-21-11-23-17/h5-6,10-12H,7-8H2,1-4H3,(H,21,23,26,28)(H,22,24,25,27). The lowest BCUT2D eigenvalue weighted by atomic mass is 9.88. The Hall–Kier alpha value is -3.41. The zero-order valence-corrected chi connectivity index (χ0v) is 16.4. The van der Waals surface area contributed by atoms with Crippen LogP contribution >= 0.6 is 0 Å². The minimum absolute atomic E-state index is 0.0608. The third-order valence-corrected chi connectivity index (χ3v) is 3.82. The van der Waals surface area contributed by atoms with Crippen molar-refractivity contribution in [3.8, 4) is 6.07 Å². The monoisotopic (exact) mass is 381 g/mol. The van der Waals surface area contributed by atoms with E-state index in [9.17, 15) is 9.59 Å². The van der Waals surface area contributed by atoms with Crippen LogP contribution in [0.25, 0.3) is 0 Å². The first-order chi connectivity index (χ1) is 13.2. The molecule has 0 saturated heterocycles. The Balaban J connectivity index is 2.09. The quantitative estimate of drug-likeness (QED) is 0.752. The Bertz CT molecular complexity index is 903. The van der Waals surface area contributed by atoms with E-state index in [1.54, 1.807) is 12.3 Å². The van der Waals surface area contributed by atoms with Crippen LogP contribution in [-0.4, -0.2) is 31.8 Å². The molecule has 2 rings (SSSR count). The maximum Gasteiger partial charge on any atom is 0.226 e. The number of aromatic nitrogens is 4. The third-order valence-electron chi connectivity index (χ3n) is 3.82. The van der Waals surface area contributed by atoms with Crippen LogP contribution in [0.15, 0.2) is 24.8 Å². The lowest BCUT2D eigenvalue weighted by Crippen LogP contribution is -2.29. The van der Waals surface area contributed by atoms with E-state index in [-0.39, 0.29) is 35.5 Å². The molecular weight excluding hydrogens is 358 g/mol. The highest BCUT2D eigenvalue weighted by Crippen LogP contribution is 2.25. The van der Waals surface area contributed by atoms with Crippen molar-refractivity contribution in [1.29, 1.82) is 5.26 Å². The van der Waals surface area contributed by atoms with Gasteiger partial charge in [0.2, 0.25) is 11.8 Å². The van der Waals surface area contributed by atoms with E-state index in [1.807, 2.05) is 33.8 Å². The fraction of sp³-hybridized carbons (Fsp3) is 0.421. The van der Waals surface area contributed by atoms with Crippen LogP contribution in [-0.2, 0) is 15.0 Å². The molecule has 146 valence electrons. The van der Waals surface area contributed by atoms with Crippen molar-refractivity contribution in [2.45, 2.75) is 46.0 Å². The van der Waals surface area contributed by atoms with Gasteiger partial charge in [-0.25, -0.2) is 19.9 Å². The summed E-state index contributed by atoms with van der Waals surface area (Å²) in [5, 5.41) is 14.4. The smallest absolute Gasteiger partial charge is 0.226 e. The second-order valence-electron chi connectivity index (χ2n) is 7.42. The predicted molar refractivity (Wildman–Crippen MR) is 103 cm³/mol.